The van der Waals surface area contributed by atoms with Crippen molar-refractivity contribution < 1.29 is 13.3 Å². The van der Waals surface area contributed by atoms with Crippen LogP contribution in [0.15, 0.2) is 79.3 Å². The first-order chi connectivity index (χ1) is 16.5. The third kappa shape index (κ3) is 10.8. The average molecular weight is 1130 g/mol. The van der Waals surface area contributed by atoms with Crippen LogP contribution in [-0.4, -0.2) is 47.9 Å². The Kier molecular flexibility index (Phi) is 17.6. The summed E-state index contributed by atoms with van der Waals surface area (Å²) >= 11 is 21.5. The van der Waals surface area contributed by atoms with Gasteiger partial charge in [0.25, 0.3) is 10.0 Å². The Bertz CT molecular complexity index is 1270. The number of fused-ring (bicyclic) bond motifs is 2. The van der Waals surface area contributed by atoms with Crippen molar-refractivity contribution in [2.45, 2.75) is 5.03 Å². The van der Waals surface area contributed by atoms with Gasteiger partial charge >= 0.3 is 64.9 Å². The molecule has 4 rings (SSSR count). The van der Waals surface area contributed by atoms with Crippen LogP contribution in [0.1, 0.15) is 0 Å². The van der Waals surface area contributed by atoms with E-state index in [1.807, 2.05) is 29.2 Å². The first-order valence-corrected chi connectivity index (χ1v) is 28.5. The number of allylic oxidation sites excluding steroid dienone is 4. The Morgan fingerprint density at radius 3 is 2.17 bits per heavy atom. The maximum absolute atomic E-state index is 12.1. The van der Waals surface area contributed by atoms with Gasteiger partial charge in [0.1, 0.15) is 4.99 Å². The molecular weight excluding hydrogens is 1110 g/mol. The Balaban J connectivity index is 0.000000296. The molecule has 14 heteroatoms. The van der Waals surface area contributed by atoms with Crippen LogP contribution < -0.4 is 0 Å². The van der Waals surface area contributed by atoms with Gasteiger partial charge in [0.05, 0.1) is 5.92 Å². The van der Waals surface area contributed by atoms with E-state index in [4.69, 9.17) is 12.2 Å². The van der Waals surface area contributed by atoms with Crippen LogP contribution in [0.5, 0.6) is 0 Å². The molecule has 5 nitrogen and oxygen atoms in total. The molecule has 0 amide bonds. The molecule has 0 saturated heterocycles. The SMILES string of the molecule is CI.CN(C)S(=O)(=O)c1ncc(Br)c2ccccc12.S=C1N=CC(Br)=C2C=CC=CC12.[I][V]([I])[I]. The number of pyridine rings is 1. The zero-order valence-electron chi connectivity index (χ0n) is 18.5. The molecule has 1 aliphatic carbocycles. The van der Waals surface area contributed by atoms with Crippen molar-refractivity contribution in [1.29, 1.82) is 0 Å². The van der Waals surface area contributed by atoms with Crippen LogP contribution in [0, 0.1) is 5.92 Å². The Hall–Kier alpha value is 1.98. The molecule has 2 aromatic rings. The molecule has 35 heavy (non-hydrogen) atoms. The van der Waals surface area contributed by atoms with E-state index in [-0.39, 0.29) is 15.9 Å². The fourth-order valence-corrected chi connectivity index (χ4v) is 4.95. The molecule has 1 aromatic heterocycles. The van der Waals surface area contributed by atoms with Gasteiger partial charge in [-0.1, -0.05) is 83.4 Å². The number of aliphatic imine (C=N–C) groups is 1. The van der Waals surface area contributed by atoms with E-state index in [2.05, 4.69) is 137 Å². The Morgan fingerprint density at radius 1 is 1.06 bits per heavy atom. The minimum absolute atomic E-state index is 0.0845. The van der Waals surface area contributed by atoms with Gasteiger partial charge in [-0.2, -0.15) is 0 Å². The van der Waals surface area contributed by atoms with Crippen molar-refractivity contribution in [3.05, 3.63) is 69.3 Å². The van der Waals surface area contributed by atoms with Crippen molar-refractivity contribution in [3.63, 3.8) is 0 Å². The second-order valence-corrected chi connectivity index (χ2v) is 46.1. The molecule has 1 aromatic carbocycles. The molecule has 0 saturated carbocycles. The first-order valence-electron chi connectivity index (χ1n) is 9.40. The van der Waals surface area contributed by atoms with E-state index in [0.717, 1.165) is 23.6 Å². The number of alkyl halides is 1. The van der Waals surface area contributed by atoms with Gasteiger partial charge in [-0.15, -0.1) is 0 Å². The number of benzene rings is 1. The molecule has 0 bridgehead atoms. The summed E-state index contributed by atoms with van der Waals surface area (Å²) in [6, 6.07) is 7.27. The van der Waals surface area contributed by atoms with Gasteiger partial charge < -0.3 is 0 Å². The molecule has 190 valence electrons. The van der Waals surface area contributed by atoms with E-state index >= 15 is 0 Å². The summed E-state index contributed by atoms with van der Waals surface area (Å²) in [6.45, 7) is 0. The van der Waals surface area contributed by atoms with Crippen LogP contribution in [0.2, 0.25) is 0 Å². The molecule has 0 radical (unpaired) electrons. The molecule has 2 aliphatic rings. The van der Waals surface area contributed by atoms with Crippen molar-refractivity contribution in [1.82, 2.24) is 9.29 Å². The number of hydrogen-bond donors (Lipinski definition) is 0. The van der Waals surface area contributed by atoms with Crippen LogP contribution in [-0.2, 0) is 14.9 Å². The fraction of sp³-hybridized carbons (Fsp3) is 0.190. The molecule has 0 fully saturated rings. The van der Waals surface area contributed by atoms with E-state index in [9.17, 15) is 8.42 Å². The molecule has 1 aliphatic heterocycles. The zero-order valence-corrected chi connectivity index (χ0v) is 33.4. The van der Waals surface area contributed by atoms with E-state index < -0.39 is 10.0 Å². The minimum atomic E-state index is -3.52. The second-order valence-electron chi connectivity index (χ2n) is 6.56. The second kappa shape index (κ2) is 17.6. The monoisotopic (exact) mass is 1130 g/mol. The molecule has 0 N–H and O–H groups in total. The van der Waals surface area contributed by atoms with Crippen LogP contribution in [0.4, 0.5) is 0 Å². The van der Waals surface area contributed by atoms with Crippen molar-refractivity contribution in [2.75, 3.05) is 19.0 Å². The van der Waals surface area contributed by atoms with E-state index in [1.54, 1.807) is 18.3 Å². The number of dihydropyridines is 1. The standard InChI is InChI=1S/C11H11BrN2O2S.C9H6BrNS.CH3I.3HI.V/c1-14(2)17(15,16)11-9-6-4-3-5-8(9)10(12)7-13-11;10-8-5-11-9(12)7-4-2-1-3-6(7)8;1-2;;;;/h3-7H,1-2H3;1-5,7H;1H3;3*1H;/q;;;;;;+3/p-3. The summed E-state index contributed by atoms with van der Waals surface area (Å²) in [6.07, 6.45) is 11.4. The number of rotatable bonds is 2. The third-order valence-electron chi connectivity index (χ3n) is 4.31. The van der Waals surface area contributed by atoms with Gasteiger partial charge in [-0.05, 0) is 42.4 Å². The predicted octanol–water partition coefficient (Wildman–Crippen LogP) is 8.74. The zero-order chi connectivity index (χ0) is 26.8. The number of aromatic nitrogens is 1. The van der Waals surface area contributed by atoms with Gasteiger partial charge in [-0.25, -0.2) is 22.7 Å². The maximum atomic E-state index is 12.1. The summed E-state index contributed by atoms with van der Waals surface area (Å²) in [5, 5.41) is 1.54. The van der Waals surface area contributed by atoms with E-state index in [0.29, 0.717) is 5.39 Å². The summed E-state index contributed by atoms with van der Waals surface area (Å²) < 4.78 is 27.2. The predicted molar refractivity (Wildman–Crippen MR) is 191 cm³/mol. The number of hydrogen-bond acceptors (Lipinski definition) is 4. The molecule has 0 spiro atoms. The number of nitrogens with zero attached hydrogens (tertiary/aromatic N) is 3. The Morgan fingerprint density at radius 2 is 1.63 bits per heavy atom. The first kappa shape index (κ1) is 35.0. The van der Waals surface area contributed by atoms with Crippen LogP contribution in [0.25, 0.3) is 10.8 Å². The average Bonchev–Trinajstić information content (AvgIpc) is 2.83. The molecule has 1 unspecified atom stereocenters. The quantitative estimate of drug-likeness (QED) is 0.172. The van der Waals surface area contributed by atoms with Gasteiger partial charge in [-0.3, -0.25) is 0 Å². The number of sulfonamides is 1. The van der Waals surface area contributed by atoms with Gasteiger partial charge in [0.2, 0.25) is 0 Å². The number of thiocarbonyl (C=S) groups is 1. The van der Waals surface area contributed by atoms with Crippen LogP contribution >= 0.6 is 127 Å². The molecule has 2 heterocycles. The van der Waals surface area contributed by atoms with Crippen LogP contribution in [0.3, 0.4) is 0 Å². The van der Waals surface area contributed by atoms with Gasteiger partial charge in [0.15, 0.2) is 5.03 Å². The van der Waals surface area contributed by atoms with Crippen molar-refractivity contribution in [2.24, 2.45) is 10.9 Å². The summed E-state index contributed by atoms with van der Waals surface area (Å²) in [5.74, 6) is 0.198. The van der Waals surface area contributed by atoms with Crippen molar-refractivity contribution in [3.8, 4) is 0 Å². The van der Waals surface area contributed by atoms with Gasteiger partial charge in [0, 0.05) is 46.2 Å². The Labute approximate surface area is 280 Å². The summed E-state index contributed by atoms with van der Waals surface area (Å²) in [7, 11) is -0.531. The van der Waals surface area contributed by atoms with Crippen molar-refractivity contribution >= 4 is 159 Å². The summed E-state index contributed by atoms with van der Waals surface area (Å²) in [4.78, 5) is 10.6. The molecular formula is C21H20Br2I4N3O2S2V. The summed E-state index contributed by atoms with van der Waals surface area (Å²) in [5.41, 5.74) is 1.21. The third-order valence-corrected chi connectivity index (χ3v) is 7.74. The molecule has 1 atom stereocenters. The topological polar surface area (TPSA) is 62.6 Å². The fourth-order valence-electron chi connectivity index (χ4n) is 2.77. The number of halogens is 6. The van der Waals surface area contributed by atoms with E-state index in [1.165, 1.54) is 25.9 Å². The normalized spacial score (nSPS) is 16.2.